The molecule has 0 fully saturated rings. The van der Waals surface area contributed by atoms with E-state index in [9.17, 15) is 4.79 Å². The number of benzene rings is 1. The zero-order valence-corrected chi connectivity index (χ0v) is 14.0. The van der Waals surface area contributed by atoms with Crippen molar-refractivity contribution in [2.75, 3.05) is 5.32 Å². The molecular weight excluding hydrogens is 312 g/mol. The summed E-state index contributed by atoms with van der Waals surface area (Å²) in [6.07, 6.45) is 6.49. The number of amides is 1. The van der Waals surface area contributed by atoms with E-state index in [0.29, 0.717) is 5.95 Å². The molecule has 5 heteroatoms. The number of hydrogen-bond donors (Lipinski definition) is 1. The van der Waals surface area contributed by atoms with Gasteiger partial charge in [-0.1, -0.05) is 24.3 Å². The molecule has 1 amide bonds. The minimum Gasteiger partial charge on any atom is -0.295 e. The molecule has 3 aromatic rings. The number of aryl methyl sites for hydroxylation is 1. The molecule has 2 heterocycles. The number of anilines is 1. The van der Waals surface area contributed by atoms with Gasteiger partial charge in [0.1, 0.15) is 0 Å². The van der Waals surface area contributed by atoms with Crippen LogP contribution in [0.4, 0.5) is 5.95 Å². The number of nitrogens with zero attached hydrogens (tertiary/aromatic N) is 3. The second-order valence-electron chi connectivity index (χ2n) is 6.16. The van der Waals surface area contributed by atoms with E-state index >= 15 is 0 Å². The van der Waals surface area contributed by atoms with E-state index in [1.54, 1.807) is 12.4 Å². The van der Waals surface area contributed by atoms with Crippen LogP contribution in [0.25, 0.3) is 22.5 Å². The molecule has 0 radical (unpaired) electrons. The monoisotopic (exact) mass is 330 g/mol. The normalized spacial score (nSPS) is 12.7. The highest BCUT2D eigenvalue weighted by atomic mass is 16.1. The van der Waals surface area contributed by atoms with Crippen LogP contribution in [0.1, 0.15) is 24.5 Å². The van der Waals surface area contributed by atoms with Gasteiger partial charge in [-0.15, -0.1) is 0 Å². The Labute approximate surface area is 146 Å². The minimum atomic E-state index is -0.181. The Morgan fingerprint density at radius 2 is 1.88 bits per heavy atom. The molecule has 0 unspecified atom stereocenters. The van der Waals surface area contributed by atoms with Gasteiger partial charge in [-0.3, -0.25) is 15.1 Å². The summed E-state index contributed by atoms with van der Waals surface area (Å²) in [5.74, 6) is 0.154. The summed E-state index contributed by atoms with van der Waals surface area (Å²) >= 11 is 0. The predicted octanol–water partition coefficient (Wildman–Crippen LogP) is 3.65. The number of pyridine rings is 1. The molecule has 124 valence electrons. The van der Waals surface area contributed by atoms with E-state index < -0.39 is 0 Å². The van der Waals surface area contributed by atoms with Crippen LogP contribution in [0.3, 0.4) is 0 Å². The molecule has 4 rings (SSSR count). The molecular formula is C20H18N4O. The van der Waals surface area contributed by atoms with Crippen molar-refractivity contribution in [3.63, 3.8) is 0 Å². The largest absolute Gasteiger partial charge is 0.295 e. The highest BCUT2D eigenvalue weighted by Crippen LogP contribution is 2.36. The van der Waals surface area contributed by atoms with Crippen LogP contribution in [0.5, 0.6) is 0 Å². The highest BCUT2D eigenvalue weighted by Gasteiger charge is 2.22. The lowest BCUT2D eigenvalue weighted by Crippen LogP contribution is -2.12. The van der Waals surface area contributed by atoms with E-state index in [0.717, 1.165) is 47.3 Å². The van der Waals surface area contributed by atoms with E-state index in [1.165, 1.54) is 12.5 Å². The Morgan fingerprint density at radius 3 is 2.68 bits per heavy atom. The maximum absolute atomic E-state index is 11.5. The first-order chi connectivity index (χ1) is 12.2. The van der Waals surface area contributed by atoms with Crippen LogP contribution in [0, 0.1) is 0 Å². The molecule has 1 N–H and O–H groups in total. The number of aromatic nitrogens is 3. The SMILES string of the molecule is CC(=O)Nc1nc(-c2cccnc2)c2c(n1)-c1ccccc1CCC2. The van der Waals surface area contributed by atoms with Crippen molar-refractivity contribution in [1.82, 2.24) is 15.0 Å². The van der Waals surface area contributed by atoms with Gasteiger partial charge in [-0.05, 0) is 37.0 Å². The lowest BCUT2D eigenvalue weighted by Gasteiger charge is -2.14. The smallest absolute Gasteiger partial charge is 0.230 e. The van der Waals surface area contributed by atoms with Crippen molar-refractivity contribution in [2.24, 2.45) is 0 Å². The number of nitrogens with one attached hydrogen (secondary N) is 1. The number of rotatable bonds is 2. The maximum atomic E-state index is 11.5. The van der Waals surface area contributed by atoms with Crippen molar-refractivity contribution in [2.45, 2.75) is 26.2 Å². The van der Waals surface area contributed by atoms with Crippen molar-refractivity contribution in [1.29, 1.82) is 0 Å². The number of carbonyl (C=O) groups is 1. The molecule has 0 spiro atoms. The Balaban J connectivity index is 1.99. The summed E-state index contributed by atoms with van der Waals surface area (Å²) in [5, 5.41) is 2.73. The third kappa shape index (κ3) is 3.01. The Morgan fingerprint density at radius 1 is 1.04 bits per heavy atom. The van der Waals surface area contributed by atoms with Gasteiger partial charge < -0.3 is 0 Å². The summed E-state index contributed by atoms with van der Waals surface area (Å²) in [7, 11) is 0. The Bertz CT molecular complexity index is 938. The first kappa shape index (κ1) is 15.4. The summed E-state index contributed by atoms with van der Waals surface area (Å²) in [6.45, 7) is 1.47. The lowest BCUT2D eigenvalue weighted by atomic mass is 9.99. The standard InChI is InChI=1S/C20H18N4O/c1-13(25)22-20-23-18(15-8-5-11-21-12-15)17-10-4-7-14-6-2-3-9-16(14)19(17)24-20/h2-3,5-6,8-9,11-12H,4,7,10H2,1H3,(H,22,23,24,25). The molecule has 2 aromatic heterocycles. The van der Waals surface area contributed by atoms with Gasteiger partial charge in [0.15, 0.2) is 0 Å². The van der Waals surface area contributed by atoms with Gasteiger partial charge in [-0.2, -0.15) is 0 Å². The van der Waals surface area contributed by atoms with Gasteiger partial charge in [0, 0.05) is 36.0 Å². The third-order valence-corrected chi connectivity index (χ3v) is 4.38. The fourth-order valence-electron chi connectivity index (χ4n) is 3.32. The fraction of sp³-hybridized carbons (Fsp3) is 0.200. The lowest BCUT2D eigenvalue weighted by molar-refractivity contribution is -0.114. The Kier molecular flexibility index (Phi) is 3.98. The summed E-state index contributed by atoms with van der Waals surface area (Å²) in [4.78, 5) is 25.1. The summed E-state index contributed by atoms with van der Waals surface area (Å²) in [6, 6.07) is 12.2. The topological polar surface area (TPSA) is 67.8 Å². The van der Waals surface area contributed by atoms with Crippen LogP contribution in [0.15, 0.2) is 48.8 Å². The predicted molar refractivity (Wildman–Crippen MR) is 97.0 cm³/mol. The van der Waals surface area contributed by atoms with Gasteiger partial charge in [0.25, 0.3) is 0 Å². The number of fused-ring (bicyclic) bond motifs is 3. The molecule has 5 nitrogen and oxygen atoms in total. The van der Waals surface area contributed by atoms with Crippen LogP contribution < -0.4 is 5.32 Å². The molecule has 25 heavy (non-hydrogen) atoms. The molecule has 1 aliphatic rings. The van der Waals surface area contributed by atoms with Crippen LogP contribution in [-0.4, -0.2) is 20.9 Å². The molecule has 1 aliphatic carbocycles. The quantitative estimate of drug-likeness (QED) is 0.779. The second-order valence-corrected chi connectivity index (χ2v) is 6.16. The van der Waals surface area contributed by atoms with Crippen molar-refractivity contribution in [3.05, 3.63) is 59.9 Å². The average molecular weight is 330 g/mol. The van der Waals surface area contributed by atoms with Crippen molar-refractivity contribution in [3.8, 4) is 22.5 Å². The molecule has 1 aromatic carbocycles. The van der Waals surface area contributed by atoms with E-state index in [4.69, 9.17) is 0 Å². The number of carbonyl (C=O) groups excluding carboxylic acids is 1. The van der Waals surface area contributed by atoms with Crippen molar-refractivity contribution < 1.29 is 4.79 Å². The minimum absolute atomic E-state index is 0.181. The average Bonchev–Trinajstić information content (AvgIpc) is 2.81. The van der Waals surface area contributed by atoms with Gasteiger partial charge in [0.2, 0.25) is 11.9 Å². The first-order valence-electron chi connectivity index (χ1n) is 8.39. The Hall–Kier alpha value is -3.08. The molecule has 0 saturated carbocycles. The summed E-state index contributed by atoms with van der Waals surface area (Å²) < 4.78 is 0. The second kappa shape index (κ2) is 6.43. The molecule has 0 saturated heterocycles. The zero-order valence-electron chi connectivity index (χ0n) is 14.0. The molecule has 0 aliphatic heterocycles. The number of hydrogen-bond acceptors (Lipinski definition) is 4. The fourth-order valence-corrected chi connectivity index (χ4v) is 3.32. The molecule has 0 bridgehead atoms. The van der Waals surface area contributed by atoms with E-state index in [1.807, 2.05) is 18.2 Å². The van der Waals surface area contributed by atoms with Gasteiger partial charge in [0.05, 0.1) is 11.4 Å². The first-order valence-corrected chi connectivity index (χ1v) is 8.39. The van der Waals surface area contributed by atoms with Gasteiger partial charge >= 0.3 is 0 Å². The van der Waals surface area contributed by atoms with Crippen LogP contribution in [-0.2, 0) is 17.6 Å². The molecule has 0 atom stereocenters. The van der Waals surface area contributed by atoms with E-state index in [2.05, 4.69) is 38.5 Å². The van der Waals surface area contributed by atoms with Crippen molar-refractivity contribution >= 4 is 11.9 Å². The van der Waals surface area contributed by atoms with Crippen LogP contribution >= 0.6 is 0 Å². The van der Waals surface area contributed by atoms with E-state index in [-0.39, 0.29) is 5.91 Å². The maximum Gasteiger partial charge on any atom is 0.230 e. The summed E-state index contributed by atoms with van der Waals surface area (Å²) in [5.41, 5.74) is 6.21. The highest BCUT2D eigenvalue weighted by molar-refractivity contribution is 5.88. The van der Waals surface area contributed by atoms with Gasteiger partial charge in [-0.25, -0.2) is 9.97 Å². The zero-order chi connectivity index (χ0) is 17.2. The third-order valence-electron chi connectivity index (χ3n) is 4.38. The van der Waals surface area contributed by atoms with Crippen LogP contribution in [0.2, 0.25) is 0 Å².